The summed E-state index contributed by atoms with van der Waals surface area (Å²) < 4.78 is 24.7. The third-order valence-corrected chi connectivity index (χ3v) is 4.60. The van der Waals surface area contributed by atoms with Gasteiger partial charge in [-0.25, -0.2) is 13.1 Å². The highest BCUT2D eigenvalue weighted by Gasteiger charge is 2.33. The Labute approximate surface area is 106 Å². The third kappa shape index (κ3) is 3.57. The molecule has 0 aliphatic carbocycles. The molecule has 0 aromatic heterocycles. The molecular weight excluding hydrogens is 262 g/mol. The molecule has 2 aliphatic heterocycles. The Balaban J connectivity index is 1.87. The van der Waals surface area contributed by atoms with Crippen LogP contribution in [0.25, 0.3) is 0 Å². The van der Waals surface area contributed by atoms with E-state index in [9.17, 15) is 13.2 Å². The van der Waals surface area contributed by atoms with Gasteiger partial charge in [-0.15, -0.1) is 11.8 Å². The van der Waals surface area contributed by atoms with E-state index in [4.69, 9.17) is 0 Å². The van der Waals surface area contributed by atoms with Gasteiger partial charge in [-0.05, 0) is 6.42 Å². The fraction of sp³-hybridized carbons (Fsp3) is 0.889. The van der Waals surface area contributed by atoms with Crippen LogP contribution in [0, 0.1) is 0 Å². The number of carbonyl (C=O) groups excluding carboxylic acids is 1. The summed E-state index contributed by atoms with van der Waals surface area (Å²) >= 11 is 1.71. The lowest BCUT2D eigenvalue weighted by atomic mass is 10.3. The molecule has 2 heterocycles. The molecule has 0 bridgehead atoms. The fourth-order valence-electron chi connectivity index (χ4n) is 2.13. The summed E-state index contributed by atoms with van der Waals surface area (Å²) in [5.41, 5.74) is 0. The van der Waals surface area contributed by atoms with Gasteiger partial charge in [-0.2, -0.15) is 0 Å². The Morgan fingerprint density at radius 1 is 1.53 bits per heavy atom. The van der Waals surface area contributed by atoms with Gasteiger partial charge in [0.05, 0.1) is 12.3 Å². The summed E-state index contributed by atoms with van der Waals surface area (Å²) in [6, 6.07) is -0.236. The van der Waals surface area contributed by atoms with Crippen molar-refractivity contribution in [2.45, 2.75) is 18.5 Å². The number of amides is 1. The summed E-state index contributed by atoms with van der Waals surface area (Å²) in [5.74, 6) is 1.71. The molecule has 2 aliphatic rings. The Kier molecular flexibility index (Phi) is 3.96. The SMILES string of the molecule is CS(=O)(=O)N[C@@H]1CCN(C(=O)[C@@H]2CSCN2)C1. The molecule has 2 fully saturated rings. The molecule has 2 rings (SSSR count). The van der Waals surface area contributed by atoms with E-state index >= 15 is 0 Å². The predicted molar refractivity (Wildman–Crippen MR) is 67.2 cm³/mol. The average Bonchev–Trinajstić information content (AvgIpc) is 2.83. The van der Waals surface area contributed by atoms with E-state index in [0.29, 0.717) is 19.5 Å². The van der Waals surface area contributed by atoms with Crippen LogP contribution in [0.5, 0.6) is 0 Å². The Hall–Kier alpha value is -0.310. The standard InChI is InChI=1S/C9H17N3O3S2/c1-17(14,15)11-7-2-3-12(4-7)9(13)8-5-16-6-10-8/h7-8,10-11H,2-6H2,1H3/t7-,8+/m1/s1. The molecule has 98 valence electrons. The number of carbonyl (C=O) groups is 1. The van der Waals surface area contributed by atoms with E-state index in [2.05, 4.69) is 10.0 Å². The van der Waals surface area contributed by atoms with Gasteiger partial charge < -0.3 is 4.90 Å². The second-order valence-electron chi connectivity index (χ2n) is 4.43. The van der Waals surface area contributed by atoms with Crippen molar-refractivity contribution in [1.29, 1.82) is 0 Å². The van der Waals surface area contributed by atoms with Crippen LogP contribution in [0.15, 0.2) is 0 Å². The van der Waals surface area contributed by atoms with E-state index in [1.807, 2.05) is 0 Å². The lowest BCUT2D eigenvalue weighted by Crippen LogP contribution is -2.45. The van der Waals surface area contributed by atoms with Crippen LogP contribution < -0.4 is 10.0 Å². The molecule has 0 radical (unpaired) electrons. The van der Waals surface area contributed by atoms with E-state index in [1.165, 1.54) is 0 Å². The maximum atomic E-state index is 12.0. The largest absolute Gasteiger partial charge is 0.340 e. The molecule has 0 spiro atoms. The van der Waals surface area contributed by atoms with Crippen molar-refractivity contribution < 1.29 is 13.2 Å². The normalized spacial score (nSPS) is 29.8. The number of hydrogen-bond acceptors (Lipinski definition) is 5. The molecule has 2 saturated heterocycles. The first-order chi connectivity index (χ1) is 7.96. The van der Waals surface area contributed by atoms with Gasteiger partial charge in [-0.1, -0.05) is 0 Å². The van der Waals surface area contributed by atoms with Crippen LogP contribution in [-0.2, 0) is 14.8 Å². The summed E-state index contributed by atoms with van der Waals surface area (Å²) in [5, 5.41) is 3.13. The zero-order valence-electron chi connectivity index (χ0n) is 9.68. The maximum absolute atomic E-state index is 12.0. The van der Waals surface area contributed by atoms with E-state index < -0.39 is 10.0 Å². The smallest absolute Gasteiger partial charge is 0.240 e. The minimum Gasteiger partial charge on any atom is -0.340 e. The zero-order valence-corrected chi connectivity index (χ0v) is 11.3. The van der Waals surface area contributed by atoms with Crippen LogP contribution in [-0.4, -0.2) is 62.3 Å². The predicted octanol–water partition coefficient (Wildman–Crippen LogP) is -1.20. The first kappa shape index (κ1) is 13.1. The molecule has 8 heteroatoms. The summed E-state index contributed by atoms with van der Waals surface area (Å²) in [6.45, 7) is 1.11. The number of sulfonamides is 1. The van der Waals surface area contributed by atoms with Gasteiger partial charge in [0.2, 0.25) is 15.9 Å². The van der Waals surface area contributed by atoms with Crippen LogP contribution in [0.4, 0.5) is 0 Å². The Morgan fingerprint density at radius 3 is 2.88 bits per heavy atom. The average molecular weight is 279 g/mol. The minimum absolute atomic E-state index is 0.0906. The number of nitrogens with zero attached hydrogens (tertiary/aromatic N) is 1. The Morgan fingerprint density at radius 2 is 2.29 bits per heavy atom. The van der Waals surface area contributed by atoms with E-state index in [0.717, 1.165) is 17.9 Å². The second-order valence-corrected chi connectivity index (χ2v) is 7.24. The second kappa shape index (κ2) is 5.13. The number of thioether (sulfide) groups is 1. The van der Waals surface area contributed by atoms with Gasteiger partial charge in [0.25, 0.3) is 0 Å². The summed E-state index contributed by atoms with van der Waals surface area (Å²) in [4.78, 5) is 13.8. The highest BCUT2D eigenvalue weighted by atomic mass is 32.2. The van der Waals surface area contributed by atoms with Crippen molar-refractivity contribution in [2.75, 3.05) is 31.0 Å². The van der Waals surface area contributed by atoms with Crippen LogP contribution in [0.2, 0.25) is 0 Å². The molecule has 0 aromatic carbocycles. The van der Waals surface area contributed by atoms with Gasteiger partial charge in [-0.3, -0.25) is 10.1 Å². The quantitative estimate of drug-likeness (QED) is 0.678. The van der Waals surface area contributed by atoms with Gasteiger partial charge >= 0.3 is 0 Å². The molecule has 2 atom stereocenters. The molecule has 1 amide bonds. The number of rotatable bonds is 3. The number of nitrogens with one attached hydrogen (secondary N) is 2. The lowest BCUT2D eigenvalue weighted by molar-refractivity contribution is -0.131. The maximum Gasteiger partial charge on any atom is 0.240 e. The molecule has 0 aromatic rings. The minimum atomic E-state index is -3.18. The van der Waals surface area contributed by atoms with Crippen molar-refractivity contribution in [2.24, 2.45) is 0 Å². The zero-order chi connectivity index (χ0) is 12.5. The Bertz CT molecular complexity index is 392. The lowest BCUT2D eigenvalue weighted by Gasteiger charge is -2.20. The highest BCUT2D eigenvalue weighted by Crippen LogP contribution is 2.16. The van der Waals surface area contributed by atoms with Crippen molar-refractivity contribution in [3.63, 3.8) is 0 Å². The number of likely N-dealkylation sites (tertiary alicyclic amines) is 1. The van der Waals surface area contributed by atoms with Crippen LogP contribution in [0.1, 0.15) is 6.42 Å². The topological polar surface area (TPSA) is 78.5 Å². The third-order valence-electron chi connectivity index (χ3n) is 2.90. The van der Waals surface area contributed by atoms with Gasteiger partial charge in [0.1, 0.15) is 0 Å². The van der Waals surface area contributed by atoms with Crippen LogP contribution in [0.3, 0.4) is 0 Å². The van der Waals surface area contributed by atoms with Crippen molar-refractivity contribution >= 4 is 27.7 Å². The molecular formula is C9H17N3O3S2. The fourth-order valence-corrected chi connectivity index (χ4v) is 3.86. The van der Waals surface area contributed by atoms with Crippen molar-refractivity contribution in [1.82, 2.24) is 14.9 Å². The van der Waals surface area contributed by atoms with Gasteiger partial charge in [0.15, 0.2) is 0 Å². The summed E-state index contributed by atoms with van der Waals surface area (Å²) in [6.07, 6.45) is 1.84. The monoisotopic (exact) mass is 279 g/mol. The molecule has 0 saturated carbocycles. The summed E-state index contributed by atoms with van der Waals surface area (Å²) in [7, 11) is -3.18. The van der Waals surface area contributed by atoms with E-state index in [-0.39, 0.29) is 18.0 Å². The molecule has 0 unspecified atom stereocenters. The molecule has 6 nitrogen and oxygen atoms in total. The van der Waals surface area contributed by atoms with E-state index in [1.54, 1.807) is 16.7 Å². The van der Waals surface area contributed by atoms with Crippen LogP contribution >= 0.6 is 11.8 Å². The molecule has 17 heavy (non-hydrogen) atoms. The highest BCUT2D eigenvalue weighted by molar-refractivity contribution is 7.99. The first-order valence-electron chi connectivity index (χ1n) is 5.53. The number of hydrogen-bond donors (Lipinski definition) is 2. The van der Waals surface area contributed by atoms with Gasteiger partial charge in [0, 0.05) is 30.8 Å². The molecule has 2 N–H and O–H groups in total. The first-order valence-corrected chi connectivity index (χ1v) is 8.57. The van der Waals surface area contributed by atoms with Crippen molar-refractivity contribution in [3.05, 3.63) is 0 Å². The van der Waals surface area contributed by atoms with Crippen molar-refractivity contribution in [3.8, 4) is 0 Å².